The van der Waals surface area contributed by atoms with Crippen LogP contribution in [0.15, 0.2) is 84.9 Å². The van der Waals surface area contributed by atoms with Gasteiger partial charge in [-0.05, 0) is 42.8 Å². The van der Waals surface area contributed by atoms with Crippen LogP contribution in [0.2, 0.25) is 0 Å². The molecule has 1 N–H and O–H groups in total. The van der Waals surface area contributed by atoms with E-state index in [2.05, 4.69) is 11.8 Å². The quantitative estimate of drug-likeness (QED) is 0.250. The zero-order chi connectivity index (χ0) is 26.0. The van der Waals surface area contributed by atoms with Crippen LogP contribution in [0.4, 0.5) is 4.39 Å². The van der Waals surface area contributed by atoms with Crippen LogP contribution in [0.5, 0.6) is 11.6 Å². The molecule has 4 rings (SSSR count). The van der Waals surface area contributed by atoms with Crippen molar-refractivity contribution in [3.63, 3.8) is 0 Å². The molecule has 194 valence electrons. The van der Waals surface area contributed by atoms with Crippen molar-refractivity contribution in [2.75, 3.05) is 19.7 Å². The number of nitrogens with zero attached hydrogens (tertiary/aromatic N) is 3. The number of hydrogen-bond donors (Lipinski definition) is 1. The Morgan fingerprint density at radius 2 is 1.65 bits per heavy atom. The molecular weight excluding hydrogens is 469 g/mol. The molecule has 0 amide bonds. The predicted octanol–water partition coefficient (Wildman–Crippen LogP) is 5.81. The van der Waals surface area contributed by atoms with E-state index in [-0.39, 0.29) is 12.4 Å². The van der Waals surface area contributed by atoms with Gasteiger partial charge in [0.05, 0.1) is 24.9 Å². The van der Waals surface area contributed by atoms with Gasteiger partial charge in [-0.2, -0.15) is 5.10 Å². The van der Waals surface area contributed by atoms with E-state index in [9.17, 15) is 9.50 Å². The fraction of sp³-hybridized carbons (Fsp3) is 0.300. The van der Waals surface area contributed by atoms with E-state index in [1.165, 1.54) is 12.1 Å². The van der Waals surface area contributed by atoms with Crippen LogP contribution in [0.25, 0.3) is 11.3 Å². The van der Waals surface area contributed by atoms with Crippen LogP contribution in [0.1, 0.15) is 24.5 Å². The number of hydrogen-bond acceptors (Lipinski definition) is 5. The molecule has 0 aliphatic heterocycles. The van der Waals surface area contributed by atoms with Crippen molar-refractivity contribution in [3.8, 4) is 22.9 Å². The number of rotatable bonds is 13. The summed E-state index contributed by atoms with van der Waals surface area (Å²) in [4.78, 5) is 2.19. The molecular formula is C30H34FN3O3. The maximum atomic E-state index is 13.5. The summed E-state index contributed by atoms with van der Waals surface area (Å²) in [5.41, 5.74) is 3.77. The highest BCUT2D eigenvalue weighted by Gasteiger charge is 2.23. The first-order chi connectivity index (χ1) is 18.0. The minimum atomic E-state index is -0.645. The molecule has 0 saturated heterocycles. The van der Waals surface area contributed by atoms with Crippen LogP contribution < -0.4 is 4.74 Å². The largest absolute Gasteiger partial charge is 0.439 e. The number of benzene rings is 3. The molecule has 0 saturated carbocycles. The van der Waals surface area contributed by atoms with Gasteiger partial charge in [-0.25, -0.2) is 9.07 Å². The minimum Gasteiger partial charge on any atom is -0.439 e. The molecule has 6 nitrogen and oxygen atoms in total. The van der Waals surface area contributed by atoms with Crippen molar-refractivity contribution < 1.29 is 19.0 Å². The number of aliphatic hydroxyl groups is 1. The molecule has 1 aromatic heterocycles. The summed E-state index contributed by atoms with van der Waals surface area (Å²) in [5, 5.41) is 15.5. The number of halogens is 1. The van der Waals surface area contributed by atoms with Gasteiger partial charge in [-0.3, -0.25) is 4.90 Å². The summed E-state index contributed by atoms with van der Waals surface area (Å²) >= 11 is 0. The molecule has 4 aromatic rings. The molecule has 0 aliphatic rings. The lowest BCUT2D eigenvalue weighted by Gasteiger charge is -2.25. The lowest BCUT2D eigenvalue weighted by molar-refractivity contribution is 0.00850. The van der Waals surface area contributed by atoms with Gasteiger partial charge in [-0.15, -0.1) is 0 Å². The van der Waals surface area contributed by atoms with Crippen LogP contribution in [-0.4, -0.2) is 45.6 Å². The second-order valence-electron chi connectivity index (χ2n) is 9.07. The van der Waals surface area contributed by atoms with E-state index >= 15 is 0 Å². The second-order valence-corrected chi connectivity index (χ2v) is 9.07. The molecule has 0 bridgehead atoms. The van der Waals surface area contributed by atoms with Crippen molar-refractivity contribution in [1.29, 1.82) is 0 Å². The Balaban J connectivity index is 1.53. The molecule has 0 aliphatic carbocycles. The standard InChI is InChI=1S/C30H34FN3O3/c1-3-18-34(19-26(35)22-36-21-23-10-6-4-7-11-23)20-28-29(24-12-8-5-9-13-24)32-33(2)30(28)37-27-16-14-25(31)15-17-27/h4-17,26,35H,3,18-22H2,1-2H3. The molecule has 1 heterocycles. The zero-order valence-corrected chi connectivity index (χ0v) is 21.4. The maximum Gasteiger partial charge on any atom is 0.222 e. The van der Waals surface area contributed by atoms with Crippen molar-refractivity contribution in [2.45, 2.75) is 32.6 Å². The fourth-order valence-corrected chi connectivity index (χ4v) is 4.28. The summed E-state index contributed by atoms with van der Waals surface area (Å²) < 4.78 is 27.2. The van der Waals surface area contributed by atoms with Crippen molar-refractivity contribution in [1.82, 2.24) is 14.7 Å². The lowest BCUT2D eigenvalue weighted by Crippen LogP contribution is -2.35. The highest BCUT2D eigenvalue weighted by Crippen LogP contribution is 2.34. The van der Waals surface area contributed by atoms with Crippen LogP contribution in [0.3, 0.4) is 0 Å². The SMILES string of the molecule is CCCN(Cc1c(-c2ccccc2)nn(C)c1Oc1ccc(F)cc1)CC(O)COCc1ccccc1. The average Bonchev–Trinajstić information content (AvgIpc) is 3.21. The average molecular weight is 504 g/mol. The first-order valence-corrected chi connectivity index (χ1v) is 12.6. The zero-order valence-electron chi connectivity index (χ0n) is 21.4. The highest BCUT2D eigenvalue weighted by molar-refractivity contribution is 5.65. The summed E-state index contributed by atoms with van der Waals surface area (Å²) in [6.07, 6.45) is 0.278. The number of aromatic nitrogens is 2. The van der Waals surface area contributed by atoms with Crippen molar-refractivity contribution in [3.05, 3.63) is 102 Å². The fourth-order valence-electron chi connectivity index (χ4n) is 4.28. The first-order valence-electron chi connectivity index (χ1n) is 12.6. The van der Waals surface area contributed by atoms with Gasteiger partial charge in [-0.1, -0.05) is 67.6 Å². The Bertz CT molecular complexity index is 1230. The van der Waals surface area contributed by atoms with Gasteiger partial charge in [0.1, 0.15) is 17.3 Å². The number of aliphatic hydroxyl groups excluding tert-OH is 1. The first kappa shape index (κ1) is 26.5. The minimum absolute atomic E-state index is 0.243. The van der Waals surface area contributed by atoms with Crippen LogP contribution >= 0.6 is 0 Å². The normalized spacial score (nSPS) is 12.1. The van der Waals surface area contributed by atoms with E-state index in [0.717, 1.165) is 35.3 Å². The molecule has 7 heteroatoms. The molecule has 3 aromatic carbocycles. The van der Waals surface area contributed by atoms with Gasteiger partial charge in [0.25, 0.3) is 0 Å². The Morgan fingerprint density at radius 3 is 2.32 bits per heavy atom. The maximum absolute atomic E-state index is 13.5. The molecule has 1 unspecified atom stereocenters. The van der Waals surface area contributed by atoms with E-state index in [4.69, 9.17) is 14.6 Å². The van der Waals surface area contributed by atoms with Gasteiger partial charge in [0.2, 0.25) is 5.88 Å². The molecule has 37 heavy (non-hydrogen) atoms. The third kappa shape index (κ3) is 7.49. The van der Waals surface area contributed by atoms with Crippen LogP contribution in [-0.2, 0) is 24.9 Å². The number of ether oxygens (including phenoxy) is 2. The summed E-state index contributed by atoms with van der Waals surface area (Å²) in [5.74, 6) is 0.795. The van der Waals surface area contributed by atoms with E-state index < -0.39 is 6.10 Å². The van der Waals surface area contributed by atoms with Crippen molar-refractivity contribution in [2.24, 2.45) is 7.05 Å². The third-order valence-corrected chi connectivity index (χ3v) is 5.98. The predicted molar refractivity (Wildman–Crippen MR) is 143 cm³/mol. The monoisotopic (exact) mass is 503 g/mol. The Labute approximate surface area is 217 Å². The summed E-state index contributed by atoms with van der Waals surface area (Å²) in [6, 6.07) is 25.8. The Kier molecular flexibility index (Phi) is 9.43. The smallest absolute Gasteiger partial charge is 0.222 e. The molecule has 1 atom stereocenters. The summed E-state index contributed by atoms with van der Waals surface area (Å²) in [6.45, 7) is 4.58. The van der Waals surface area contributed by atoms with Crippen molar-refractivity contribution >= 4 is 0 Å². The third-order valence-electron chi connectivity index (χ3n) is 5.98. The van der Waals surface area contributed by atoms with E-state index in [1.54, 1.807) is 16.8 Å². The number of aryl methyl sites for hydroxylation is 1. The topological polar surface area (TPSA) is 59.8 Å². The second kappa shape index (κ2) is 13.1. The Hall–Kier alpha value is -3.52. The molecule has 0 spiro atoms. The van der Waals surface area contributed by atoms with Gasteiger partial charge < -0.3 is 14.6 Å². The van der Waals surface area contributed by atoms with Gasteiger partial charge in [0, 0.05) is 25.7 Å². The highest BCUT2D eigenvalue weighted by atomic mass is 19.1. The van der Waals surface area contributed by atoms with E-state index in [0.29, 0.717) is 31.3 Å². The van der Waals surface area contributed by atoms with E-state index in [1.807, 2.05) is 67.7 Å². The summed E-state index contributed by atoms with van der Waals surface area (Å²) in [7, 11) is 1.84. The molecule has 0 fully saturated rings. The van der Waals surface area contributed by atoms with Gasteiger partial charge in [0.15, 0.2) is 0 Å². The lowest BCUT2D eigenvalue weighted by atomic mass is 10.1. The molecule has 0 radical (unpaired) electrons. The Morgan fingerprint density at radius 1 is 0.973 bits per heavy atom. The van der Waals surface area contributed by atoms with Crippen LogP contribution in [0, 0.1) is 5.82 Å². The van der Waals surface area contributed by atoms with Gasteiger partial charge >= 0.3 is 0 Å².